The Bertz CT molecular complexity index is 1940. The van der Waals surface area contributed by atoms with Crippen molar-refractivity contribution >= 4 is 10.8 Å². The van der Waals surface area contributed by atoms with Crippen LogP contribution in [-0.4, -0.2) is 9.97 Å². The second-order valence-electron chi connectivity index (χ2n) is 10.3. The van der Waals surface area contributed by atoms with E-state index in [0.717, 1.165) is 11.1 Å². The first-order valence-electron chi connectivity index (χ1n) is 13.6. The van der Waals surface area contributed by atoms with Crippen molar-refractivity contribution in [2.45, 2.75) is 0 Å². The van der Waals surface area contributed by atoms with Gasteiger partial charge < -0.3 is 0 Å². The number of benzene rings is 5. The molecule has 0 radical (unpaired) electrons. The van der Waals surface area contributed by atoms with Crippen LogP contribution in [-0.2, 0) is 0 Å². The molecule has 0 atom stereocenters. The molecule has 0 amide bonds. The maximum Gasteiger partial charge on any atom is 0.0273 e. The SMILES string of the molecule is c1ccc2c(c1)-c1cccc3c(-c4ccc(-c5cc(-c6ccncc6)cc(-c6ccncc6)c5)cc4)ccc-2c13. The molecule has 0 saturated heterocycles. The van der Waals surface area contributed by atoms with Crippen molar-refractivity contribution in [3.63, 3.8) is 0 Å². The molecule has 0 N–H and O–H groups in total. The summed E-state index contributed by atoms with van der Waals surface area (Å²) >= 11 is 0. The predicted octanol–water partition coefficient (Wildman–Crippen LogP) is 9.95. The number of aromatic nitrogens is 2. The maximum atomic E-state index is 4.21. The van der Waals surface area contributed by atoms with E-state index in [4.69, 9.17) is 0 Å². The summed E-state index contributed by atoms with van der Waals surface area (Å²) in [5.74, 6) is 0. The molecule has 0 aliphatic heterocycles. The van der Waals surface area contributed by atoms with Gasteiger partial charge in [-0.25, -0.2) is 0 Å². The molecule has 8 rings (SSSR count). The van der Waals surface area contributed by atoms with E-state index in [1.165, 1.54) is 66.4 Å². The third-order valence-corrected chi connectivity index (χ3v) is 8.04. The molecule has 0 unspecified atom stereocenters. The number of fused-ring (bicyclic) bond motifs is 3. The highest BCUT2D eigenvalue weighted by atomic mass is 14.6. The molecule has 1 aliphatic carbocycles. The third-order valence-electron chi connectivity index (χ3n) is 8.04. The van der Waals surface area contributed by atoms with Crippen LogP contribution in [0.3, 0.4) is 0 Å². The van der Waals surface area contributed by atoms with E-state index in [0.29, 0.717) is 0 Å². The van der Waals surface area contributed by atoms with Gasteiger partial charge in [0.05, 0.1) is 0 Å². The molecule has 2 aromatic heterocycles. The highest BCUT2D eigenvalue weighted by molar-refractivity contribution is 6.18. The molecule has 0 fully saturated rings. The van der Waals surface area contributed by atoms with E-state index in [9.17, 15) is 0 Å². The molecular weight excluding hydrogens is 484 g/mol. The van der Waals surface area contributed by atoms with Gasteiger partial charge in [-0.1, -0.05) is 78.9 Å². The Balaban J connectivity index is 1.23. The Hall–Kier alpha value is -5.34. The number of rotatable bonds is 4. The molecule has 186 valence electrons. The van der Waals surface area contributed by atoms with Gasteiger partial charge in [-0.2, -0.15) is 0 Å². The average Bonchev–Trinajstić information content (AvgIpc) is 3.37. The van der Waals surface area contributed by atoms with Crippen LogP contribution in [0.2, 0.25) is 0 Å². The average molecular weight is 509 g/mol. The molecule has 0 bridgehead atoms. The standard InChI is InChI=1S/C38H24N2/c1-2-5-34-33(4-1)36-7-3-6-35-32(12-13-37(34)38(35)36)28-10-8-25(9-11-28)29-22-30(26-14-18-39-19-15-26)24-31(23-29)27-16-20-40-21-17-27/h1-24H. The minimum atomic E-state index is 1.15. The quantitative estimate of drug-likeness (QED) is 0.236. The van der Waals surface area contributed by atoms with Crippen LogP contribution >= 0.6 is 0 Å². The van der Waals surface area contributed by atoms with Crippen molar-refractivity contribution in [3.8, 4) is 66.8 Å². The predicted molar refractivity (Wildman–Crippen MR) is 166 cm³/mol. The van der Waals surface area contributed by atoms with E-state index < -0.39 is 0 Å². The van der Waals surface area contributed by atoms with Crippen molar-refractivity contribution in [3.05, 3.63) is 146 Å². The highest BCUT2D eigenvalue weighted by Gasteiger charge is 2.22. The van der Waals surface area contributed by atoms with Crippen molar-refractivity contribution in [1.82, 2.24) is 9.97 Å². The molecule has 0 saturated carbocycles. The molecule has 2 heteroatoms. The van der Waals surface area contributed by atoms with Gasteiger partial charge in [-0.3, -0.25) is 9.97 Å². The zero-order chi connectivity index (χ0) is 26.5. The third kappa shape index (κ3) is 3.65. The second kappa shape index (κ2) is 9.14. The summed E-state index contributed by atoms with van der Waals surface area (Å²) < 4.78 is 0. The summed E-state index contributed by atoms with van der Waals surface area (Å²) in [5, 5.41) is 2.66. The lowest BCUT2D eigenvalue weighted by Gasteiger charge is -2.13. The van der Waals surface area contributed by atoms with Gasteiger partial charge >= 0.3 is 0 Å². The van der Waals surface area contributed by atoms with E-state index in [-0.39, 0.29) is 0 Å². The summed E-state index contributed by atoms with van der Waals surface area (Å²) in [6.07, 6.45) is 7.39. The van der Waals surface area contributed by atoms with Crippen molar-refractivity contribution < 1.29 is 0 Å². The van der Waals surface area contributed by atoms with E-state index >= 15 is 0 Å². The molecule has 5 aromatic carbocycles. The first-order valence-corrected chi connectivity index (χ1v) is 13.6. The summed E-state index contributed by atoms with van der Waals surface area (Å²) in [4.78, 5) is 8.42. The lowest BCUT2D eigenvalue weighted by molar-refractivity contribution is 1.33. The van der Waals surface area contributed by atoms with Crippen LogP contribution in [0.5, 0.6) is 0 Å². The smallest absolute Gasteiger partial charge is 0.0273 e. The lowest BCUT2D eigenvalue weighted by Crippen LogP contribution is -1.87. The molecule has 7 aromatic rings. The van der Waals surface area contributed by atoms with Crippen LogP contribution in [0.1, 0.15) is 0 Å². The Kier molecular flexibility index (Phi) is 5.17. The van der Waals surface area contributed by atoms with Crippen molar-refractivity contribution in [1.29, 1.82) is 0 Å². The summed E-state index contributed by atoms with van der Waals surface area (Å²) in [7, 11) is 0. The van der Waals surface area contributed by atoms with Gasteiger partial charge in [0.15, 0.2) is 0 Å². The zero-order valence-corrected chi connectivity index (χ0v) is 21.8. The molecule has 2 nitrogen and oxygen atoms in total. The Morgan fingerprint density at radius 2 is 0.750 bits per heavy atom. The van der Waals surface area contributed by atoms with Gasteiger partial charge in [0.1, 0.15) is 0 Å². The Morgan fingerprint density at radius 3 is 1.32 bits per heavy atom. The fourth-order valence-corrected chi connectivity index (χ4v) is 6.12. The Labute approximate surface area is 233 Å². The van der Waals surface area contributed by atoms with Gasteiger partial charge in [0.25, 0.3) is 0 Å². The normalized spacial score (nSPS) is 11.5. The fourth-order valence-electron chi connectivity index (χ4n) is 6.12. The van der Waals surface area contributed by atoms with Crippen LogP contribution in [0.4, 0.5) is 0 Å². The molecule has 1 aliphatic rings. The fraction of sp³-hybridized carbons (Fsp3) is 0. The molecule has 2 heterocycles. The van der Waals surface area contributed by atoms with Gasteiger partial charge in [0.2, 0.25) is 0 Å². The maximum absolute atomic E-state index is 4.21. The van der Waals surface area contributed by atoms with Gasteiger partial charge in [0, 0.05) is 24.8 Å². The first kappa shape index (κ1) is 22.6. The van der Waals surface area contributed by atoms with Gasteiger partial charge in [-0.15, -0.1) is 0 Å². The van der Waals surface area contributed by atoms with Crippen molar-refractivity contribution in [2.24, 2.45) is 0 Å². The van der Waals surface area contributed by atoms with Crippen molar-refractivity contribution in [2.75, 3.05) is 0 Å². The zero-order valence-electron chi connectivity index (χ0n) is 21.8. The van der Waals surface area contributed by atoms with Gasteiger partial charge in [-0.05, 0) is 120 Å². The first-order chi connectivity index (χ1) is 19.8. The monoisotopic (exact) mass is 508 g/mol. The number of pyridine rings is 2. The van der Waals surface area contributed by atoms with Crippen LogP contribution in [0.15, 0.2) is 146 Å². The second-order valence-corrected chi connectivity index (χ2v) is 10.3. The number of hydrogen-bond acceptors (Lipinski definition) is 2. The molecule has 40 heavy (non-hydrogen) atoms. The summed E-state index contributed by atoms with van der Waals surface area (Å²) in [6.45, 7) is 0. The van der Waals surface area contributed by atoms with Crippen LogP contribution < -0.4 is 0 Å². The Morgan fingerprint density at radius 1 is 0.300 bits per heavy atom. The number of nitrogens with zero attached hydrogens (tertiary/aromatic N) is 2. The lowest BCUT2D eigenvalue weighted by atomic mass is 9.91. The highest BCUT2D eigenvalue weighted by Crippen LogP contribution is 2.49. The van der Waals surface area contributed by atoms with E-state index in [1.807, 2.05) is 24.8 Å². The minimum Gasteiger partial charge on any atom is -0.265 e. The van der Waals surface area contributed by atoms with Crippen LogP contribution in [0.25, 0.3) is 77.5 Å². The molecule has 0 spiro atoms. The van der Waals surface area contributed by atoms with Crippen LogP contribution in [0, 0.1) is 0 Å². The molecular formula is C38H24N2. The topological polar surface area (TPSA) is 25.8 Å². The largest absolute Gasteiger partial charge is 0.265 e. The summed E-state index contributed by atoms with van der Waals surface area (Å²) in [5.41, 5.74) is 14.8. The minimum absolute atomic E-state index is 1.15. The van der Waals surface area contributed by atoms with E-state index in [2.05, 4.69) is 131 Å². The summed E-state index contributed by atoms with van der Waals surface area (Å²) in [6, 6.07) is 44.0. The van der Waals surface area contributed by atoms with E-state index in [1.54, 1.807) is 0 Å². The number of hydrogen-bond donors (Lipinski definition) is 0.